The lowest BCUT2D eigenvalue weighted by atomic mass is 9.64. The van der Waals surface area contributed by atoms with Gasteiger partial charge in [-0.3, -0.25) is 4.79 Å². The van der Waals surface area contributed by atoms with E-state index in [1.807, 2.05) is 13.8 Å². The number of rotatable bonds is 2. The number of aliphatic hydroxyl groups is 1. The van der Waals surface area contributed by atoms with E-state index in [1.54, 1.807) is 6.07 Å². The zero-order valence-corrected chi connectivity index (χ0v) is 13.4. The van der Waals surface area contributed by atoms with Gasteiger partial charge in [0.05, 0.1) is 14.8 Å². The molecule has 6 heteroatoms. The zero-order valence-electron chi connectivity index (χ0n) is 9.46. The minimum absolute atomic E-state index is 0.0460. The number of carbonyl (C=O) groups excluding carboxylic acids is 1. The number of hydrogen-bond donors (Lipinski definition) is 2. The second-order valence-electron chi connectivity index (χ2n) is 4.83. The van der Waals surface area contributed by atoms with Gasteiger partial charge >= 0.3 is 0 Å². The van der Waals surface area contributed by atoms with Crippen LogP contribution in [0.4, 0.5) is 0 Å². The molecule has 1 fully saturated rings. The van der Waals surface area contributed by atoms with Crippen molar-refractivity contribution in [3.63, 3.8) is 0 Å². The van der Waals surface area contributed by atoms with Crippen LogP contribution in [0.15, 0.2) is 14.3 Å². The van der Waals surface area contributed by atoms with Crippen molar-refractivity contribution in [2.45, 2.75) is 32.4 Å². The van der Waals surface area contributed by atoms with E-state index in [9.17, 15) is 9.90 Å². The molecule has 0 aromatic carbocycles. The minimum Gasteiger partial charge on any atom is -0.392 e. The van der Waals surface area contributed by atoms with Gasteiger partial charge in [0, 0.05) is 15.9 Å². The number of thiophene rings is 1. The summed E-state index contributed by atoms with van der Waals surface area (Å²) >= 11 is 8.12. The minimum atomic E-state index is -0.324. The summed E-state index contributed by atoms with van der Waals surface area (Å²) in [6, 6.07) is 1.84. The van der Waals surface area contributed by atoms with Crippen LogP contribution in [-0.4, -0.2) is 23.2 Å². The summed E-state index contributed by atoms with van der Waals surface area (Å²) in [6.45, 7) is 3.93. The molecule has 0 bridgehead atoms. The first-order valence-electron chi connectivity index (χ1n) is 5.26. The Kier molecular flexibility index (Phi) is 3.69. The molecule has 0 aliphatic heterocycles. The van der Waals surface area contributed by atoms with Gasteiger partial charge in [0.2, 0.25) is 0 Å². The molecular weight excluding hydrogens is 370 g/mol. The summed E-state index contributed by atoms with van der Waals surface area (Å²) in [6.07, 6.45) is 0.307. The van der Waals surface area contributed by atoms with E-state index in [1.165, 1.54) is 11.3 Å². The first-order valence-corrected chi connectivity index (χ1v) is 7.66. The monoisotopic (exact) mass is 381 g/mol. The molecule has 1 saturated carbocycles. The van der Waals surface area contributed by atoms with E-state index < -0.39 is 0 Å². The summed E-state index contributed by atoms with van der Waals surface area (Å²) in [5, 5.41) is 12.6. The summed E-state index contributed by atoms with van der Waals surface area (Å²) in [5.74, 6) is -0.0774. The van der Waals surface area contributed by atoms with Crippen molar-refractivity contribution < 1.29 is 9.90 Å². The van der Waals surface area contributed by atoms with Gasteiger partial charge in [-0.2, -0.15) is 0 Å². The highest BCUT2D eigenvalue weighted by molar-refractivity contribution is 9.13. The van der Waals surface area contributed by atoms with E-state index >= 15 is 0 Å². The standard InChI is InChI=1S/C11H13Br2NO2S/c1-11(2)7(4-8(11)15)14-10(16)6-3-5(12)9(13)17-6/h3,7-8,15H,4H2,1-2H3,(H,14,16). The van der Waals surface area contributed by atoms with Crippen LogP contribution in [0.2, 0.25) is 0 Å². The molecule has 1 aliphatic rings. The molecule has 0 saturated heterocycles. The first kappa shape index (κ1) is 13.5. The normalized spacial score (nSPS) is 26.4. The van der Waals surface area contributed by atoms with E-state index in [-0.39, 0.29) is 23.5 Å². The number of carbonyl (C=O) groups is 1. The van der Waals surface area contributed by atoms with Gasteiger partial charge in [-0.25, -0.2) is 0 Å². The highest BCUT2D eigenvalue weighted by atomic mass is 79.9. The van der Waals surface area contributed by atoms with Gasteiger partial charge in [-0.1, -0.05) is 13.8 Å². The van der Waals surface area contributed by atoms with Crippen LogP contribution in [0, 0.1) is 5.41 Å². The predicted octanol–water partition coefficient (Wildman–Crippen LogP) is 3.16. The van der Waals surface area contributed by atoms with Crippen molar-refractivity contribution in [2.24, 2.45) is 5.41 Å². The Balaban J connectivity index is 2.03. The largest absolute Gasteiger partial charge is 0.392 e. The predicted molar refractivity (Wildman–Crippen MR) is 75.4 cm³/mol. The summed E-state index contributed by atoms with van der Waals surface area (Å²) in [7, 11) is 0. The fourth-order valence-electron chi connectivity index (χ4n) is 1.84. The third-order valence-corrected chi connectivity index (χ3v) is 6.65. The van der Waals surface area contributed by atoms with E-state index in [0.717, 1.165) is 8.26 Å². The Morgan fingerprint density at radius 2 is 2.24 bits per heavy atom. The molecule has 1 aliphatic carbocycles. The van der Waals surface area contributed by atoms with Crippen LogP contribution < -0.4 is 5.32 Å². The zero-order chi connectivity index (χ0) is 12.8. The van der Waals surface area contributed by atoms with Gasteiger partial charge in [0.1, 0.15) is 0 Å². The van der Waals surface area contributed by atoms with Crippen molar-refractivity contribution in [1.82, 2.24) is 5.32 Å². The maximum atomic E-state index is 12.0. The van der Waals surface area contributed by atoms with Crippen molar-refractivity contribution in [3.8, 4) is 0 Å². The van der Waals surface area contributed by atoms with Crippen molar-refractivity contribution >= 4 is 49.1 Å². The molecule has 3 nitrogen and oxygen atoms in total. The Morgan fingerprint density at radius 1 is 1.59 bits per heavy atom. The molecule has 2 unspecified atom stereocenters. The third kappa shape index (κ3) is 2.45. The number of hydrogen-bond acceptors (Lipinski definition) is 3. The second-order valence-corrected chi connectivity index (χ2v) is 8.06. The van der Waals surface area contributed by atoms with E-state index in [4.69, 9.17) is 0 Å². The van der Waals surface area contributed by atoms with E-state index in [0.29, 0.717) is 11.3 Å². The van der Waals surface area contributed by atoms with E-state index in [2.05, 4.69) is 37.2 Å². The Labute approximate surface area is 121 Å². The van der Waals surface area contributed by atoms with Crippen LogP contribution in [0.1, 0.15) is 29.9 Å². The molecule has 94 valence electrons. The van der Waals surface area contributed by atoms with Gasteiger partial charge in [-0.05, 0) is 44.3 Å². The number of amides is 1. The van der Waals surface area contributed by atoms with Gasteiger partial charge in [0.25, 0.3) is 5.91 Å². The van der Waals surface area contributed by atoms with Crippen molar-refractivity contribution in [2.75, 3.05) is 0 Å². The highest BCUT2D eigenvalue weighted by Crippen LogP contribution is 2.41. The molecule has 1 aromatic rings. The van der Waals surface area contributed by atoms with Crippen molar-refractivity contribution in [3.05, 3.63) is 19.2 Å². The summed E-state index contributed by atoms with van der Waals surface area (Å²) in [4.78, 5) is 12.7. The van der Waals surface area contributed by atoms with Crippen LogP contribution in [0.3, 0.4) is 0 Å². The van der Waals surface area contributed by atoms with Gasteiger partial charge in [0.15, 0.2) is 0 Å². The number of aliphatic hydroxyl groups excluding tert-OH is 1. The maximum Gasteiger partial charge on any atom is 0.261 e. The van der Waals surface area contributed by atoms with Crippen molar-refractivity contribution in [1.29, 1.82) is 0 Å². The fraction of sp³-hybridized carbons (Fsp3) is 0.545. The smallest absolute Gasteiger partial charge is 0.261 e. The lowest BCUT2D eigenvalue weighted by Crippen LogP contribution is -2.61. The molecule has 0 radical (unpaired) electrons. The molecule has 17 heavy (non-hydrogen) atoms. The van der Waals surface area contributed by atoms with Crippen LogP contribution in [0.5, 0.6) is 0 Å². The Morgan fingerprint density at radius 3 is 2.65 bits per heavy atom. The topological polar surface area (TPSA) is 49.3 Å². The second kappa shape index (κ2) is 4.64. The third-order valence-electron chi connectivity index (χ3n) is 3.39. The molecule has 1 amide bonds. The molecular formula is C11H13Br2NO2S. The average molecular weight is 383 g/mol. The SMILES string of the molecule is CC1(C)C(O)CC1NC(=O)c1cc(Br)c(Br)s1. The van der Waals surface area contributed by atoms with Crippen LogP contribution in [0.25, 0.3) is 0 Å². The lowest BCUT2D eigenvalue weighted by Gasteiger charge is -2.49. The summed E-state index contributed by atoms with van der Waals surface area (Å²) in [5.41, 5.74) is -0.235. The van der Waals surface area contributed by atoms with Crippen LogP contribution >= 0.6 is 43.2 Å². The van der Waals surface area contributed by atoms with Gasteiger partial charge < -0.3 is 10.4 Å². The Hall–Kier alpha value is 0.0900. The number of halogens is 2. The van der Waals surface area contributed by atoms with Crippen LogP contribution in [-0.2, 0) is 0 Å². The highest BCUT2D eigenvalue weighted by Gasteiger charge is 2.48. The fourth-order valence-corrected chi connectivity index (χ4v) is 3.77. The quantitative estimate of drug-likeness (QED) is 0.825. The molecule has 2 rings (SSSR count). The van der Waals surface area contributed by atoms with Gasteiger partial charge in [-0.15, -0.1) is 11.3 Å². The molecule has 0 spiro atoms. The molecule has 1 aromatic heterocycles. The average Bonchev–Trinajstić information content (AvgIpc) is 2.59. The first-order chi connectivity index (χ1) is 7.82. The Bertz CT molecular complexity index is 439. The maximum absolute atomic E-state index is 12.0. The lowest BCUT2D eigenvalue weighted by molar-refractivity contribution is -0.0689. The molecule has 2 atom stereocenters. The number of nitrogens with one attached hydrogen (secondary N) is 1. The molecule has 1 heterocycles. The summed E-state index contributed by atoms with van der Waals surface area (Å²) < 4.78 is 1.80. The molecule has 2 N–H and O–H groups in total.